The van der Waals surface area contributed by atoms with Crippen LogP contribution < -0.4 is 10.1 Å². The Labute approximate surface area is 124 Å². The van der Waals surface area contributed by atoms with Gasteiger partial charge in [-0.1, -0.05) is 19.9 Å². The van der Waals surface area contributed by atoms with E-state index in [-0.39, 0.29) is 0 Å². The van der Waals surface area contributed by atoms with Gasteiger partial charge in [-0.2, -0.15) is 0 Å². The van der Waals surface area contributed by atoms with Crippen molar-refractivity contribution in [1.82, 2.24) is 5.32 Å². The van der Waals surface area contributed by atoms with E-state index in [1.54, 1.807) is 0 Å². The summed E-state index contributed by atoms with van der Waals surface area (Å²) in [4.78, 5) is 0. The van der Waals surface area contributed by atoms with Crippen molar-refractivity contribution in [3.05, 3.63) is 28.8 Å². The molecule has 0 amide bonds. The molecule has 2 heteroatoms. The molecule has 0 saturated heterocycles. The van der Waals surface area contributed by atoms with Crippen molar-refractivity contribution >= 4 is 0 Å². The Morgan fingerprint density at radius 1 is 1.05 bits per heavy atom. The van der Waals surface area contributed by atoms with Crippen molar-refractivity contribution in [1.29, 1.82) is 0 Å². The first-order valence-electron chi connectivity index (χ1n) is 7.92. The van der Waals surface area contributed by atoms with Crippen molar-refractivity contribution in [2.45, 2.75) is 53.9 Å². The van der Waals surface area contributed by atoms with E-state index in [9.17, 15) is 0 Å². The van der Waals surface area contributed by atoms with E-state index in [2.05, 4.69) is 52.1 Å². The molecule has 0 aliphatic carbocycles. The Bertz CT molecular complexity index is 399. The van der Waals surface area contributed by atoms with Crippen molar-refractivity contribution in [3.8, 4) is 5.75 Å². The second kappa shape index (κ2) is 9.02. The monoisotopic (exact) mass is 277 g/mol. The van der Waals surface area contributed by atoms with Crippen molar-refractivity contribution in [2.75, 3.05) is 19.7 Å². The van der Waals surface area contributed by atoms with Crippen LogP contribution in [0.25, 0.3) is 0 Å². The molecule has 0 aliphatic heterocycles. The third-order valence-corrected chi connectivity index (χ3v) is 3.57. The lowest BCUT2D eigenvalue weighted by Crippen LogP contribution is -2.20. The predicted molar refractivity (Wildman–Crippen MR) is 87.7 cm³/mol. The van der Waals surface area contributed by atoms with Gasteiger partial charge in [0.15, 0.2) is 0 Å². The number of unbranched alkanes of at least 4 members (excludes halogenated alkanes) is 2. The van der Waals surface area contributed by atoms with E-state index in [0.29, 0.717) is 0 Å². The topological polar surface area (TPSA) is 21.3 Å². The summed E-state index contributed by atoms with van der Waals surface area (Å²) in [5.41, 5.74) is 3.87. The van der Waals surface area contributed by atoms with Gasteiger partial charge < -0.3 is 10.1 Å². The summed E-state index contributed by atoms with van der Waals surface area (Å²) in [5, 5.41) is 3.48. The Morgan fingerprint density at radius 3 is 2.50 bits per heavy atom. The number of benzene rings is 1. The molecule has 1 aromatic rings. The highest BCUT2D eigenvalue weighted by Crippen LogP contribution is 2.23. The number of hydrogen-bond acceptors (Lipinski definition) is 2. The first-order valence-corrected chi connectivity index (χ1v) is 7.92. The van der Waals surface area contributed by atoms with E-state index in [4.69, 9.17) is 4.74 Å². The van der Waals surface area contributed by atoms with Crippen LogP contribution >= 0.6 is 0 Å². The fourth-order valence-electron chi connectivity index (χ4n) is 2.25. The van der Waals surface area contributed by atoms with Crippen LogP contribution in [-0.2, 0) is 0 Å². The molecule has 0 atom stereocenters. The number of ether oxygens (including phenoxy) is 1. The summed E-state index contributed by atoms with van der Waals surface area (Å²) in [5.74, 6) is 1.80. The van der Waals surface area contributed by atoms with E-state index >= 15 is 0 Å². The maximum absolute atomic E-state index is 5.92. The van der Waals surface area contributed by atoms with Gasteiger partial charge in [0, 0.05) is 0 Å². The van der Waals surface area contributed by atoms with Crippen LogP contribution in [0.5, 0.6) is 5.75 Å². The van der Waals surface area contributed by atoms with Crippen LogP contribution in [0.15, 0.2) is 12.1 Å². The largest absolute Gasteiger partial charge is 0.493 e. The highest BCUT2D eigenvalue weighted by atomic mass is 16.5. The number of aryl methyl sites for hydroxylation is 2. The molecule has 0 aromatic heterocycles. The van der Waals surface area contributed by atoms with Crippen molar-refractivity contribution < 1.29 is 4.74 Å². The molecule has 0 fully saturated rings. The number of hydrogen-bond donors (Lipinski definition) is 1. The second-order valence-electron chi connectivity index (χ2n) is 6.21. The van der Waals surface area contributed by atoms with Crippen LogP contribution in [-0.4, -0.2) is 19.7 Å². The number of rotatable bonds is 9. The molecule has 0 bridgehead atoms. The molecule has 0 unspecified atom stereocenters. The first-order chi connectivity index (χ1) is 9.50. The predicted octanol–water partition coefficient (Wildman–Crippen LogP) is 4.41. The van der Waals surface area contributed by atoms with Gasteiger partial charge in [-0.3, -0.25) is 0 Å². The third-order valence-electron chi connectivity index (χ3n) is 3.57. The summed E-state index contributed by atoms with van der Waals surface area (Å²) >= 11 is 0. The molecule has 2 nitrogen and oxygen atoms in total. The minimum absolute atomic E-state index is 0.742. The number of nitrogens with one attached hydrogen (secondary N) is 1. The maximum atomic E-state index is 5.92. The Hall–Kier alpha value is -1.02. The van der Waals surface area contributed by atoms with Crippen LogP contribution in [0, 0.1) is 26.7 Å². The van der Waals surface area contributed by atoms with Crippen molar-refractivity contribution in [2.24, 2.45) is 5.92 Å². The van der Waals surface area contributed by atoms with Gasteiger partial charge in [0.2, 0.25) is 0 Å². The molecule has 0 heterocycles. The molecular formula is C18H31NO. The summed E-state index contributed by atoms with van der Waals surface area (Å²) in [6, 6.07) is 4.36. The van der Waals surface area contributed by atoms with Gasteiger partial charge in [0.25, 0.3) is 0 Å². The Balaban J connectivity index is 2.16. The van der Waals surface area contributed by atoms with E-state index < -0.39 is 0 Å². The molecule has 1 rings (SSSR count). The van der Waals surface area contributed by atoms with Crippen LogP contribution in [0.3, 0.4) is 0 Å². The lowest BCUT2D eigenvalue weighted by atomic mass is 10.1. The highest BCUT2D eigenvalue weighted by molar-refractivity contribution is 5.41. The lowest BCUT2D eigenvalue weighted by Gasteiger charge is -2.12. The van der Waals surface area contributed by atoms with Gasteiger partial charge in [-0.15, -0.1) is 0 Å². The second-order valence-corrected chi connectivity index (χ2v) is 6.21. The normalized spacial score (nSPS) is 11.1. The van der Waals surface area contributed by atoms with Gasteiger partial charge in [0.05, 0.1) is 6.61 Å². The fourth-order valence-corrected chi connectivity index (χ4v) is 2.25. The minimum Gasteiger partial charge on any atom is -0.493 e. The Morgan fingerprint density at radius 2 is 1.80 bits per heavy atom. The quantitative estimate of drug-likeness (QED) is 0.675. The minimum atomic E-state index is 0.742. The molecule has 20 heavy (non-hydrogen) atoms. The highest BCUT2D eigenvalue weighted by Gasteiger charge is 2.03. The smallest absolute Gasteiger partial charge is 0.122 e. The van der Waals surface area contributed by atoms with E-state index in [1.807, 2.05) is 0 Å². The SMILES string of the molecule is Cc1cc(C)c(C)c(OCCCCCNCC(C)C)c1. The zero-order valence-electron chi connectivity index (χ0n) is 13.9. The van der Waals surface area contributed by atoms with Gasteiger partial charge in [-0.05, 0) is 81.8 Å². The van der Waals surface area contributed by atoms with Gasteiger partial charge >= 0.3 is 0 Å². The van der Waals surface area contributed by atoms with Crippen LogP contribution in [0.4, 0.5) is 0 Å². The average Bonchev–Trinajstić information content (AvgIpc) is 2.37. The summed E-state index contributed by atoms with van der Waals surface area (Å²) in [6.07, 6.45) is 3.60. The van der Waals surface area contributed by atoms with Gasteiger partial charge in [0.1, 0.15) is 5.75 Å². The van der Waals surface area contributed by atoms with E-state index in [1.165, 1.54) is 29.5 Å². The first kappa shape index (κ1) is 17.0. The maximum Gasteiger partial charge on any atom is 0.122 e. The fraction of sp³-hybridized carbons (Fsp3) is 0.667. The molecule has 1 aromatic carbocycles. The van der Waals surface area contributed by atoms with E-state index in [0.717, 1.165) is 37.8 Å². The summed E-state index contributed by atoms with van der Waals surface area (Å²) in [7, 11) is 0. The zero-order valence-corrected chi connectivity index (χ0v) is 13.9. The molecule has 1 N–H and O–H groups in total. The molecule has 0 saturated carbocycles. The molecule has 0 aliphatic rings. The molecule has 114 valence electrons. The molecular weight excluding hydrogens is 246 g/mol. The molecule has 0 spiro atoms. The Kier molecular flexibility index (Phi) is 7.68. The summed E-state index contributed by atoms with van der Waals surface area (Å²) in [6.45, 7) is 14.0. The van der Waals surface area contributed by atoms with Gasteiger partial charge in [-0.25, -0.2) is 0 Å². The molecule has 0 radical (unpaired) electrons. The van der Waals surface area contributed by atoms with Crippen molar-refractivity contribution in [3.63, 3.8) is 0 Å². The third kappa shape index (κ3) is 6.42. The lowest BCUT2D eigenvalue weighted by molar-refractivity contribution is 0.302. The van der Waals surface area contributed by atoms with Crippen LogP contribution in [0.2, 0.25) is 0 Å². The average molecular weight is 277 g/mol. The standard InChI is InChI=1S/C18H31NO/c1-14(2)13-19-9-7-6-8-10-20-18-12-15(3)11-16(4)17(18)5/h11-12,14,19H,6-10,13H2,1-5H3. The summed E-state index contributed by atoms with van der Waals surface area (Å²) < 4.78 is 5.92. The van der Waals surface area contributed by atoms with Crippen LogP contribution in [0.1, 0.15) is 49.8 Å². The zero-order chi connectivity index (χ0) is 15.0.